The Labute approximate surface area is 137 Å². The molecule has 0 amide bonds. The zero-order valence-electron chi connectivity index (χ0n) is 12.5. The van der Waals surface area contributed by atoms with Crippen LogP contribution < -0.4 is 5.32 Å². The lowest BCUT2D eigenvalue weighted by Crippen LogP contribution is -2.24. The van der Waals surface area contributed by atoms with Crippen molar-refractivity contribution in [3.05, 3.63) is 69.2 Å². The van der Waals surface area contributed by atoms with Gasteiger partial charge in [-0.05, 0) is 67.3 Å². The third kappa shape index (κ3) is 4.74. The van der Waals surface area contributed by atoms with Crippen LogP contribution in [0.4, 0.5) is 0 Å². The fraction of sp³-hybridized carbons (Fsp3) is 0.333. The molecule has 1 N–H and O–H groups in total. The highest BCUT2D eigenvalue weighted by molar-refractivity contribution is 6.30. The molecule has 0 spiro atoms. The largest absolute Gasteiger partial charge is 0.310 e. The van der Waals surface area contributed by atoms with Crippen molar-refractivity contribution in [1.82, 2.24) is 5.32 Å². The summed E-state index contributed by atoms with van der Waals surface area (Å²) < 4.78 is 0. The van der Waals surface area contributed by atoms with Crippen LogP contribution in [-0.4, -0.2) is 6.54 Å². The Bertz CT molecular complexity index is 596. The van der Waals surface area contributed by atoms with Crippen molar-refractivity contribution >= 4 is 23.2 Å². The second-order valence-electron chi connectivity index (χ2n) is 5.34. The molecule has 0 aliphatic rings. The van der Waals surface area contributed by atoms with E-state index in [1.165, 1.54) is 16.7 Å². The predicted molar refractivity (Wildman–Crippen MR) is 92.4 cm³/mol. The molecule has 112 valence electrons. The fourth-order valence-corrected chi connectivity index (χ4v) is 2.98. The zero-order chi connectivity index (χ0) is 15.2. The van der Waals surface area contributed by atoms with Gasteiger partial charge >= 0.3 is 0 Å². The van der Waals surface area contributed by atoms with E-state index in [1.54, 1.807) is 0 Å². The highest BCUT2D eigenvalue weighted by Crippen LogP contribution is 2.25. The minimum Gasteiger partial charge on any atom is -0.310 e. The molecule has 2 aromatic rings. The number of rotatable bonds is 6. The first-order valence-electron chi connectivity index (χ1n) is 7.34. The molecule has 0 saturated heterocycles. The molecular weight excluding hydrogens is 301 g/mol. The van der Waals surface area contributed by atoms with Gasteiger partial charge in [0.15, 0.2) is 0 Å². The van der Waals surface area contributed by atoms with E-state index in [4.69, 9.17) is 23.2 Å². The van der Waals surface area contributed by atoms with Gasteiger partial charge in [-0.2, -0.15) is 0 Å². The number of benzene rings is 2. The van der Waals surface area contributed by atoms with Crippen LogP contribution in [0.15, 0.2) is 42.5 Å². The summed E-state index contributed by atoms with van der Waals surface area (Å²) in [6.07, 6.45) is 2.03. The third-order valence-corrected chi connectivity index (χ3v) is 4.05. The van der Waals surface area contributed by atoms with Crippen LogP contribution in [0, 0.1) is 6.92 Å². The lowest BCUT2D eigenvalue weighted by molar-refractivity contribution is 0.527. The predicted octanol–water partition coefficient (Wildman–Crippen LogP) is 5.59. The minimum absolute atomic E-state index is 0.278. The minimum atomic E-state index is 0.278. The lowest BCUT2D eigenvalue weighted by Gasteiger charge is -2.21. The summed E-state index contributed by atoms with van der Waals surface area (Å²) in [6.45, 7) is 5.28. The van der Waals surface area contributed by atoms with Crippen LogP contribution >= 0.6 is 23.2 Å². The molecular formula is C18H21Cl2N. The highest BCUT2D eigenvalue weighted by Gasteiger charge is 2.14. The smallest absolute Gasteiger partial charge is 0.0408 e. The number of hydrogen-bond acceptors (Lipinski definition) is 1. The average molecular weight is 322 g/mol. The van der Waals surface area contributed by atoms with Gasteiger partial charge in [0.25, 0.3) is 0 Å². The number of hydrogen-bond donors (Lipinski definition) is 1. The van der Waals surface area contributed by atoms with Crippen molar-refractivity contribution in [2.45, 2.75) is 32.7 Å². The summed E-state index contributed by atoms with van der Waals surface area (Å²) >= 11 is 12.2. The second kappa shape index (κ2) is 7.84. The van der Waals surface area contributed by atoms with Crippen molar-refractivity contribution < 1.29 is 0 Å². The molecule has 0 aromatic heterocycles. The number of halogens is 2. The lowest BCUT2D eigenvalue weighted by atomic mass is 9.95. The summed E-state index contributed by atoms with van der Waals surface area (Å²) in [5, 5.41) is 5.20. The first kappa shape index (κ1) is 16.4. The molecule has 0 fully saturated rings. The van der Waals surface area contributed by atoms with Gasteiger partial charge < -0.3 is 5.32 Å². The highest BCUT2D eigenvalue weighted by atomic mass is 35.5. The van der Waals surface area contributed by atoms with Gasteiger partial charge in [-0.15, -0.1) is 0 Å². The molecule has 3 heteroatoms. The average Bonchev–Trinajstić information content (AvgIpc) is 2.44. The molecule has 0 radical (unpaired) electrons. The van der Waals surface area contributed by atoms with Gasteiger partial charge in [0, 0.05) is 16.1 Å². The summed E-state index contributed by atoms with van der Waals surface area (Å²) in [5.41, 5.74) is 3.76. The first-order chi connectivity index (χ1) is 10.1. The molecule has 1 unspecified atom stereocenters. The van der Waals surface area contributed by atoms with E-state index in [9.17, 15) is 0 Å². The first-order valence-corrected chi connectivity index (χ1v) is 8.09. The Morgan fingerprint density at radius 1 is 1.05 bits per heavy atom. The molecule has 2 rings (SSSR count). The molecule has 0 saturated carbocycles. The third-order valence-electron chi connectivity index (χ3n) is 3.58. The van der Waals surface area contributed by atoms with E-state index in [0.29, 0.717) is 0 Å². The standard InChI is InChI=1S/C18H21Cl2N/c1-3-9-21-18(12-14-5-4-6-15(19)11-14)17-8-7-16(20)10-13(17)2/h4-8,10-11,18,21H,3,9,12H2,1-2H3. The van der Waals surface area contributed by atoms with Crippen LogP contribution in [0.3, 0.4) is 0 Å². The zero-order valence-corrected chi connectivity index (χ0v) is 14.0. The van der Waals surface area contributed by atoms with Gasteiger partial charge in [-0.3, -0.25) is 0 Å². The Hall–Kier alpha value is -1.02. The molecule has 2 aromatic carbocycles. The van der Waals surface area contributed by atoms with Crippen molar-refractivity contribution in [2.24, 2.45) is 0 Å². The van der Waals surface area contributed by atoms with Gasteiger partial charge in [-0.25, -0.2) is 0 Å². The molecule has 0 heterocycles. The van der Waals surface area contributed by atoms with Crippen LogP contribution in [0.25, 0.3) is 0 Å². The Morgan fingerprint density at radius 3 is 2.48 bits per heavy atom. The van der Waals surface area contributed by atoms with E-state index in [1.807, 2.05) is 30.3 Å². The van der Waals surface area contributed by atoms with Crippen molar-refractivity contribution in [1.29, 1.82) is 0 Å². The summed E-state index contributed by atoms with van der Waals surface area (Å²) in [4.78, 5) is 0. The van der Waals surface area contributed by atoms with E-state index in [-0.39, 0.29) is 6.04 Å². The molecule has 1 atom stereocenters. The van der Waals surface area contributed by atoms with E-state index >= 15 is 0 Å². The topological polar surface area (TPSA) is 12.0 Å². The fourth-order valence-electron chi connectivity index (χ4n) is 2.54. The normalized spacial score (nSPS) is 12.4. The molecule has 0 aliphatic carbocycles. The Kier molecular flexibility index (Phi) is 6.10. The molecule has 21 heavy (non-hydrogen) atoms. The molecule has 0 bridgehead atoms. The monoisotopic (exact) mass is 321 g/mol. The molecule has 1 nitrogen and oxygen atoms in total. The Morgan fingerprint density at radius 2 is 1.81 bits per heavy atom. The van der Waals surface area contributed by atoms with E-state index in [2.05, 4.69) is 31.3 Å². The summed E-state index contributed by atoms with van der Waals surface area (Å²) in [5.74, 6) is 0. The summed E-state index contributed by atoms with van der Waals surface area (Å²) in [7, 11) is 0. The SMILES string of the molecule is CCCNC(Cc1cccc(Cl)c1)c1ccc(Cl)cc1C. The number of aryl methyl sites for hydroxylation is 1. The van der Waals surface area contributed by atoms with Crippen molar-refractivity contribution in [3.63, 3.8) is 0 Å². The maximum Gasteiger partial charge on any atom is 0.0408 e. The van der Waals surface area contributed by atoms with E-state index < -0.39 is 0 Å². The maximum atomic E-state index is 6.09. The van der Waals surface area contributed by atoms with Gasteiger partial charge in [0.2, 0.25) is 0 Å². The van der Waals surface area contributed by atoms with Gasteiger partial charge in [-0.1, -0.05) is 48.3 Å². The second-order valence-corrected chi connectivity index (χ2v) is 6.21. The van der Waals surface area contributed by atoms with Crippen LogP contribution in [-0.2, 0) is 6.42 Å². The Balaban J connectivity index is 2.25. The van der Waals surface area contributed by atoms with Gasteiger partial charge in [0.1, 0.15) is 0 Å². The van der Waals surface area contributed by atoms with Crippen LogP contribution in [0.2, 0.25) is 10.0 Å². The quantitative estimate of drug-likeness (QED) is 0.731. The van der Waals surface area contributed by atoms with Crippen LogP contribution in [0.5, 0.6) is 0 Å². The van der Waals surface area contributed by atoms with Crippen molar-refractivity contribution in [3.8, 4) is 0 Å². The molecule has 0 aliphatic heterocycles. The van der Waals surface area contributed by atoms with Gasteiger partial charge in [0.05, 0.1) is 0 Å². The maximum absolute atomic E-state index is 6.09. The summed E-state index contributed by atoms with van der Waals surface area (Å²) in [6, 6.07) is 14.5. The number of nitrogens with one attached hydrogen (secondary N) is 1. The van der Waals surface area contributed by atoms with E-state index in [0.717, 1.165) is 29.4 Å². The van der Waals surface area contributed by atoms with Crippen molar-refractivity contribution in [2.75, 3.05) is 6.54 Å². The van der Waals surface area contributed by atoms with Crippen LogP contribution in [0.1, 0.15) is 36.1 Å².